The Kier molecular flexibility index (Phi) is 4.11. The zero-order chi connectivity index (χ0) is 9.02. The van der Waals surface area contributed by atoms with Gasteiger partial charge in [0, 0.05) is 21.2 Å². The minimum Gasteiger partial charge on any atom is -0.381 e. The van der Waals surface area contributed by atoms with E-state index in [0.29, 0.717) is 0 Å². The number of carbonyl (C=O) groups is 1. The third-order valence-corrected chi connectivity index (χ3v) is 1.91. The molecule has 0 aliphatic heterocycles. The van der Waals surface area contributed by atoms with Crippen molar-refractivity contribution in [2.45, 2.75) is 20.0 Å². The summed E-state index contributed by atoms with van der Waals surface area (Å²) in [5, 5.41) is 0. The lowest BCUT2D eigenvalue weighted by atomic mass is 10.1. The number of hydrogen-bond acceptors (Lipinski definition) is 2. The van der Waals surface area contributed by atoms with E-state index in [0.717, 1.165) is 0 Å². The number of methoxy groups -OCH3 is 1. The molecule has 0 fully saturated rings. The second-order valence-electron chi connectivity index (χ2n) is 2.96. The fourth-order valence-electron chi connectivity index (χ4n) is 0.812. The second kappa shape index (κ2) is 4.34. The van der Waals surface area contributed by atoms with E-state index in [-0.39, 0.29) is 17.9 Å². The van der Waals surface area contributed by atoms with Crippen molar-refractivity contribution < 1.29 is 9.53 Å². The quantitative estimate of drug-likeness (QED) is 0.608. The van der Waals surface area contributed by atoms with Gasteiger partial charge >= 0.3 is 0 Å². The molecular formula is C8H17NO2. The molecule has 0 aromatic carbocycles. The minimum atomic E-state index is -0.0602. The molecule has 0 saturated heterocycles. The van der Waals surface area contributed by atoms with Crippen LogP contribution in [0.2, 0.25) is 0 Å². The van der Waals surface area contributed by atoms with Gasteiger partial charge in [0.15, 0.2) is 0 Å². The molecule has 0 rings (SSSR count). The maximum atomic E-state index is 11.3. The molecule has 0 spiro atoms. The average molecular weight is 159 g/mol. The van der Waals surface area contributed by atoms with Gasteiger partial charge in [0.1, 0.15) is 0 Å². The van der Waals surface area contributed by atoms with E-state index in [1.54, 1.807) is 26.1 Å². The van der Waals surface area contributed by atoms with Crippen LogP contribution in [-0.4, -0.2) is 38.1 Å². The number of nitrogens with zero attached hydrogens (tertiary/aromatic N) is 1. The van der Waals surface area contributed by atoms with Crippen molar-refractivity contribution >= 4 is 5.91 Å². The van der Waals surface area contributed by atoms with Gasteiger partial charge in [0.25, 0.3) is 0 Å². The highest BCUT2D eigenvalue weighted by molar-refractivity contribution is 5.78. The second-order valence-corrected chi connectivity index (χ2v) is 2.96. The molecule has 3 heteroatoms. The number of rotatable bonds is 3. The van der Waals surface area contributed by atoms with Gasteiger partial charge in [-0.1, -0.05) is 6.92 Å². The van der Waals surface area contributed by atoms with Gasteiger partial charge in [-0.2, -0.15) is 0 Å². The Labute approximate surface area is 68.3 Å². The van der Waals surface area contributed by atoms with Crippen LogP contribution in [0.1, 0.15) is 13.8 Å². The van der Waals surface area contributed by atoms with Gasteiger partial charge in [-0.05, 0) is 6.92 Å². The third-order valence-electron chi connectivity index (χ3n) is 1.91. The van der Waals surface area contributed by atoms with Crippen LogP contribution in [0.3, 0.4) is 0 Å². The van der Waals surface area contributed by atoms with Crippen LogP contribution in [0.15, 0.2) is 0 Å². The summed E-state index contributed by atoms with van der Waals surface area (Å²) in [7, 11) is 5.12. The lowest BCUT2D eigenvalue weighted by Crippen LogP contribution is -2.34. The lowest BCUT2D eigenvalue weighted by Gasteiger charge is -2.21. The van der Waals surface area contributed by atoms with E-state index in [9.17, 15) is 4.79 Å². The molecule has 2 atom stereocenters. The first-order valence-corrected chi connectivity index (χ1v) is 3.74. The molecule has 0 aromatic rings. The lowest BCUT2D eigenvalue weighted by molar-refractivity contribution is -0.136. The fourth-order valence-corrected chi connectivity index (χ4v) is 0.812. The summed E-state index contributed by atoms with van der Waals surface area (Å²) in [6.07, 6.45) is -0.00935. The van der Waals surface area contributed by atoms with Crippen molar-refractivity contribution in [1.29, 1.82) is 0 Å². The highest BCUT2D eigenvalue weighted by atomic mass is 16.5. The summed E-state index contributed by atoms with van der Waals surface area (Å²) in [6.45, 7) is 3.77. The van der Waals surface area contributed by atoms with Gasteiger partial charge in [0.2, 0.25) is 5.91 Å². The van der Waals surface area contributed by atoms with Crippen molar-refractivity contribution in [3.63, 3.8) is 0 Å². The van der Waals surface area contributed by atoms with E-state index < -0.39 is 0 Å². The number of amides is 1. The topological polar surface area (TPSA) is 29.5 Å². The fraction of sp³-hybridized carbons (Fsp3) is 0.875. The normalized spacial score (nSPS) is 15.7. The van der Waals surface area contributed by atoms with Crippen molar-refractivity contribution in [2.75, 3.05) is 21.2 Å². The molecule has 11 heavy (non-hydrogen) atoms. The Bertz CT molecular complexity index is 134. The average Bonchev–Trinajstić information content (AvgIpc) is 2.00. The van der Waals surface area contributed by atoms with Crippen molar-refractivity contribution in [1.82, 2.24) is 4.90 Å². The van der Waals surface area contributed by atoms with E-state index in [4.69, 9.17) is 4.74 Å². The number of hydrogen-bond donors (Lipinski definition) is 0. The van der Waals surface area contributed by atoms with Gasteiger partial charge in [-0.3, -0.25) is 4.79 Å². The Morgan fingerprint density at radius 3 is 2.09 bits per heavy atom. The monoisotopic (exact) mass is 159 g/mol. The van der Waals surface area contributed by atoms with E-state index in [1.807, 2.05) is 13.8 Å². The molecule has 0 bridgehead atoms. The zero-order valence-electron chi connectivity index (χ0n) is 7.92. The Hall–Kier alpha value is -0.570. The first-order chi connectivity index (χ1) is 5.00. The SMILES string of the molecule is COC(C)C(C)C(=O)N(C)C. The largest absolute Gasteiger partial charge is 0.381 e. The molecule has 2 unspecified atom stereocenters. The maximum Gasteiger partial charge on any atom is 0.227 e. The van der Waals surface area contributed by atoms with Crippen LogP contribution >= 0.6 is 0 Å². The first kappa shape index (κ1) is 10.4. The van der Waals surface area contributed by atoms with Gasteiger partial charge < -0.3 is 9.64 Å². The van der Waals surface area contributed by atoms with Crippen LogP contribution in [0.5, 0.6) is 0 Å². The van der Waals surface area contributed by atoms with Crippen molar-refractivity contribution in [2.24, 2.45) is 5.92 Å². The van der Waals surface area contributed by atoms with Crippen molar-refractivity contribution in [3.05, 3.63) is 0 Å². The third kappa shape index (κ3) is 2.89. The standard InChI is InChI=1S/C8H17NO2/c1-6(7(2)11-5)8(10)9(3)4/h6-7H,1-5H3. The molecule has 1 amide bonds. The van der Waals surface area contributed by atoms with Crippen LogP contribution < -0.4 is 0 Å². The number of carbonyl (C=O) groups excluding carboxylic acids is 1. The molecule has 66 valence electrons. The maximum absolute atomic E-state index is 11.3. The molecule has 0 aliphatic rings. The van der Waals surface area contributed by atoms with Gasteiger partial charge in [-0.15, -0.1) is 0 Å². The summed E-state index contributed by atoms with van der Waals surface area (Å²) in [5.74, 6) is 0.0503. The first-order valence-electron chi connectivity index (χ1n) is 3.74. The smallest absolute Gasteiger partial charge is 0.227 e. The predicted molar refractivity (Wildman–Crippen MR) is 44.3 cm³/mol. The summed E-state index contributed by atoms with van der Waals surface area (Å²) < 4.78 is 5.04. The Morgan fingerprint density at radius 1 is 1.36 bits per heavy atom. The number of ether oxygens (including phenoxy) is 1. The van der Waals surface area contributed by atoms with Crippen LogP contribution in [0.4, 0.5) is 0 Å². The summed E-state index contributed by atoms with van der Waals surface area (Å²) in [6, 6.07) is 0. The highest BCUT2D eigenvalue weighted by Crippen LogP contribution is 2.07. The van der Waals surface area contributed by atoms with Gasteiger partial charge in [0.05, 0.1) is 12.0 Å². The molecule has 0 saturated carbocycles. The summed E-state index contributed by atoms with van der Waals surface area (Å²) in [5.41, 5.74) is 0. The zero-order valence-corrected chi connectivity index (χ0v) is 7.92. The molecular weight excluding hydrogens is 142 g/mol. The molecule has 0 aromatic heterocycles. The van der Waals surface area contributed by atoms with E-state index >= 15 is 0 Å². The predicted octanol–water partition coefficient (Wildman–Crippen LogP) is 0.746. The van der Waals surface area contributed by atoms with Crippen molar-refractivity contribution in [3.8, 4) is 0 Å². The molecule has 0 N–H and O–H groups in total. The van der Waals surface area contributed by atoms with Gasteiger partial charge in [-0.25, -0.2) is 0 Å². The van der Waals surface area contributed by atoms with E-state index in [2.05, 4.69) is 0 Å². The van der Waals surface area contributed by atoms with Crippen LogP contribution in [-0.2, 0) is 9.53 Å². The molecule has 0 aliphatic carbocycles. The molecule has 3 nitrogen and oxygen atoms in total. The highest BCUT2D eigenvalue weighted by Gasteiger charge is 2.20. The summed E-state index contributed by atoms with van der Waals surface area (Å²) >= 11 is 0. The summed E-state index contributed by atoms with van der Waals surface area (Å²) in [4.78, 5) is 12.9. The van der Waals surface area contributed by atoms with Crippen LogP contribution in [0.25, 0.3) is 0 Å². The molecule has 0 heterocycles. The van der Waals surface area contributed by atoms with Crippen LogP contribution in [0, 0.1) is 5.92 Å². The Balaban J connectivity index is 4.02. The molecule has 0 radical (unpaired) electrons. The van der Waals surface area contributed by atoms with E-state index in [1.165, 1.54) is 0 Å². The minimum absolute atomic E-state index is 0.00935. The Morgan fingerprint density at radius 2 is 1.82 bits per heavy atom.